The number of esters is 2. The predicted molar refractivity (Wildman–Crippen MR) is 69.3 cm³/mol. The second-order valence-corrected chi connectivity index (χ2v) is 3.85. The zero-order valence-corrected chi connectivity index (χ0v) is 10.2. The molecular formula is C14H9NO5. The van der Waals surface area contributed by atoms with Gasteiger partial charge in [-0.1, -0.05) is 24.3 Å². The molecule has 2 aromatic carbocycles. The van der Waals surface area contributed by atoms with Crippen molar-refractivity contribution in [3.63, 3.8) is 0 Å². The Morgan fingerprint density at radius 3 is 2.15 bits per heavy atom. The van der Waals surface area contributed by atoms with E-state index >= 15 is 0 Å². The van der Waals surface area contributed by atoms with Crippen LogP contribution in [0.1, 0.15) is 20.7 Å². The molecule has 20 heavy (non-hydrogen) atoms. The molecule has 100 valence electrons. The molecule has 0 saturated heterocycles. The lowest BCUT2D eigenvalue weighted by Crippen LogP contribution is -2.12. The number of nitro groups is 1. The molecule has 6 heteroatoms. The second kappa shape index (κ2) is 5.75. The van der Waals surface area contributed by atoms with Gasteiger partial charge in [0.2, 0.25) is 0 Å². The van der Waals surface area contributed by atoms with E-state index in [0.29, 0.717) is 0 Å². The van der Waals surface area contributed by atoms with Crippen LogP contribution in [0.4, 0.5) is 5.69 Å². The van der Waals surface area contributed by atoms with Crippen molar-refractivity contribution in [2.75, 3.05) is 0 Å². The normalized spacial score (nSPS) is 9.80. The fourth-order valence-corrected chi connectivity index (χ4v) is 1.52. The monoisotopic (exact) mass is 271 g/mol. The minimum absolute atomic E-state index is 0.0523. The van der Waals surface area contributed by atoms with Gasteiger partial charge < -0.3 is 4.74 Å². The van der Waals surface area contributed by atoms with Crippen molar-refractivity contribution < 1.29 is 19.2 Å². The first-order valence-corrected chi connectivity index (χ1v) is 5.64. The average molecular weight is 271 g/mol. The molecule has 0 radical (unpaired) electrons. The van der Waals surface area contributed by atoms with Gasteiger partial charge in [-0.05, 0) is 18.2 Å². The zero-order chi connectivity index (χ0) is 14.5. The van der Waals surface area contributed by atoms with Crippen LogP contribution in [0.2, 0.25) is 0 Å². The predicted octanol–water partition coefficient (Wildman–Crippen LogP) is 2.59. The van der Waals surface area contributed by atoms with Crippen molar-refractivity contribution in [2.24, 2.45) is 0 Å². The van der Waals surface area contributed by atoms with Gasteiger partial charge in [-0.25, -0.2) is 9.59 Å². The summed E-state index contributed by atoms with van der Waals surface area (Å²) in [5.41, 5.74) is -0.0682. The van der Waals surface area contributed by atoms with Crippen molar-refractivity contribution in [2.45, 2.75) is 0 Å². The first kappa shape index (κ1) is 13.4. The summed E-state index contributed by atoms with van der Waals surface area (Å²) < 4.78 is 4.66. The highest BCUT2D eigenvalue weighted by Gasteiger charge is 2.17. The van der Waals surface area contributed by atoms with Crippen molar-refractivity contribution >= 4 is 17.6 Å². The van der Waals surface area contributed by atoms with E-state index in [4.69, 9.17) is 0 Å². The molecule has 0 fully saturated rings. The number of ether oxygens (including phenoxy) is 1. The molecule has 0 aliphatic carbocycles. The highest BCUT2D eigenvalue weighted by Crippen LogP contribution is 2.14. The van der Waals surface area contributed by atoms with E-state index in [9.17, 15) is 19.7 Å². The lowest BCUT2D eigenvalue weighted by Gasteiger charge is -2.02. The summed E-state index contributed by atoms with van der Waals surface area (Å²) in [5, 5.41) is 10.6. The molecule has 0 aliphatic heterocycles. The fourth-order valence-electron chi connectivity index (χ4n) is 1.52. The number of nitrogens with zero attached hydrogens (tertiary/aromatic N) is 1. The SMILES string of the molecule is O=C(OC(=O)c1cccc([N+](=O)[O-])c1)c1ccccc1. The molecular weight excluding hydrogens is 262 g/mol. The maximum atomic E-state index is 11.7. The maximum absolute atomic E-state index is 11.7. The number of carbonyl (C=O) groups excluding carboxylic acids is 2. The number of benzene rings is 2. The summed E-state index contributed by atoms with van der Waals surface area (Å²) in [4.78, 5) is 33.4. The smallest absolute Gasteiger partial charge is 0.346 e. The summed E-state index contributed by atoms with van der Waals surface area (Å²) in [6.45, 7) is 0. The van der Waals surface area contributed by atoms with E-state index in [1.807, 2.05) is 0 Å². The highest BCUT2D eigenvalue weighted by atomic mass is 16.6. The van der Waals surface area contributed by atoms with E-state index in [-0.39, 0.29) is 16.8 Å². The zero-order valence-electron chi connectivity index (χ0n) is 10.2. The minimum Gasteiger partial charge on any atom is -0.386 e. The Morgan fingerprint density at radius 2 is 1.50 bits per heavy atom. The molecule has 0 unspecified atom stereocenters. The van der Waals surface area contributed by atoms with Gasteiger partial charge in [-0.3, -0.25) is 10.1 Å². The number of hydrogen-bond acceptors (Lipinski definition) is 5. The van der Waals surface area contributed by atoms with Gasteiger partial charge in [0.25, 0.3) is 5.69 Å². The van der Waals surface area contributed by atoms with Crippen LogP contribution in [0.15, 0.2) is 54.6 Å². The Morgan fingerprint density at radius 1 is 0.900 bits per heavy atom. The molecule has 0 atom stereocenters. The minimum atomic E-state index is -0.928. The summed E-state index contributed by atoms with van der Waals surface area (Å²) >= 11 is 0. The lowest BCUT2D eigenvalue weighted by molar-refractivity contribution is -0.384. The molecule has 0 aliphatic rings. The third-order valence-corrected chi connectivity index (χ3v) is 2.49. The Balaban J connectivity index is 2.15. The van der Waals surface area contributed by atoms with E-state index in [2.05, 4.69) is 4.74 Å². The Labute approximate surface area is 113 Å². The van der Waals surface area contributed by atoms with Gasteiger partial charge >= 0.3 is 11.9 Å². The number of carbonyl (C=O) groups is 2. The maximum Gasteiger partial charge on any atom is 0.346 e. The third kappa shape index (κ3) is 3.05. The van der Waals surface area contributed by atoms with Crippen LogP contribution in [-0.4, -0.2) is 16.9 Å². The average Bonchev–Trinajstić information content (AvgIpc) is 2.48. The van der Waals surface area contributed by atoms with Crippen molar-refractivity contribution in [3.8, 4) is 0 Å². The summed E-state index contributed by atoms with van der Waals surface area (Å²) in [7, 11) is 0. The molecule has 0 spiro atoms. The number of non-ortho nitro benzene ring substituents is 1. The Hall–Kier alpha value is -3.02. The van der Waals surface area contributed by atoms with Gasteiger partial charge in [0.05, 0.1) is 16.1 Å². The van der Waals surface area contributed by atoms with Gasteiger partial charge in [0, 0.05) is 12.1 Å². The number of rotatable bonds is 3. The van der Waals surface area contributed by atoms with Crippen molar-refractivity contribution in [1.82, 2.24) is 0 Å². The van der Waals surface area contributed by atoms with Crippen molar-refractivity contribution in [3.05, 3.63) is 75.8 Å². The largest absolute Gasteiger partial charge is 0.386 e. The van der Waals surface area contributed by atoms with E-state index < -0.39 is 16.9 Å². The van der Waals surface area contributed by atoms with Gasteiger partial charge in [-0.2, -0.15) is 0 Å². The number of nitro benzene ring substituents is 1. The van der Waals surface area contributed by atoms with Crippen LogP contribution < -0.4 is 0 Å². The molecule has 0 N–H and O–H groups in total. The Kier molecular flexibility index (Phi) is 3.85. The first-order valence-electron chi connectivity index (χ1n) is 5.64. The van der Waals surface area contributed by atoms with Gasteiger partial charge in [-0.15, -0.1) is 0 Å². The Bertz CT molecular complexity index is 666. The van der Waals surface area contributed by atoms with Crippen LogP contribution in [-0.2, 0) is 4.74 Å². The van der Waals surface area contributed by atoms with Crippen LogP contribution in [0.25, 0.3) is 0 Å². The van der Waals surface area contributed by atoms with Crippen LogP contribution in [0.5, 0.6) is 0 Å². The first-order chi connectivity index (χ1) is 9.58. The standard InChI is InChI=1S/C14H9NO5/c16-13(10-5-2-1-3-6-10)20-14(17)11-7-4-8-12(9-11)15(18)19/h1-9H. The summed E-state index contributed by atoms with van der Waals surface area (Å²) in [5.74, 6) is -1.73. The van der Waals surface area contributed by atoms with Crippen LogP contribution in [0, 0.1) is 10.1 Å². The lowest BCUT2D eigenvalue weighted by atomic mass is 10.2. The molecule has 0 bridgehead atoms. The highest BCUT2D eigenvalue weighted by molar-refractivity contribution is 6.02. The van der Waals surface area contributed by atoms with Gasteiger partial charge in [0.15, 0.2) is 0 Å². The molecule has 6 nitrogen and oxygen atoms in total. The summed E-state index contributed by atoms with van der Waals surface area (Å²) in [6, 6.07) is 13.0. The van der Waals surface area contributed by atoms with E-state index in [0.717, 1.165) is 6.07 Å². The quantitative estimate of drug-likeness (QED) is 0.370. The summed E-state index contributed by atoms with van der Waals surface area (Å²) in [6.07, 6.45) is 0. The van der Waals surface area contributed by atoms with E-state index in [1.54, 1.807) is 18.2 Å². The van der Waals surface area contributed by atoms with Gasteiger partial charge in [0.1, 0.15) is 0 Å². The third-order valence-electron chi connectivity index (χ3n) is 2.49. The molecule has 2 aromatic rings. The molecule has 0 amide bonds. The molecule has 0 aromatic heterocycles. The topological polar surface area (TPSA) is 86.5 Å². The second-order valence-electron chi connectivity index (χ2n) is 3.85. The van der Waals surface area contributed by atoms with Crippen molar-refractivity contribution in [1.29, 1.82) is 0 Å². The van der Waals surface area contributed by atoms with E-state index in [1.165, 1.54) is 30.3 Å². The fraction of sp³-hybridized carbons (Fsp3) is 0. The molecule has 0 saturated carbocycles. The van der Waals surface area contributed by atoms with Crippen LogP contribution >= 0.6 is 0 Å². The van der Waals surface area contributed by atoms with Crippen LogP contribution in [0.3, 0.4) is 0 Å². The molecule has 2 rings (SSSR count). The molecule has 0 heterocycles. The number of hydrogen-bond donors (Lipinski definition) is 0.